The van der Waals surface area contributed by atoms with Crippen LogP contribution in [0.4, 0.5) is 0 Å². The summed E-state index contributed by atoms with van der Waals surface area (Å²) in [6.07, 6.45) is 0. The molecule has 0 bridgehead atoms. The van der Waals surface area contributed by atoms with Crippen LogP contribution in [0.5, 0.6) is 5.75 Å². The fraction of sp³-hybridized carbons (Fsp3) is 0.364. The summed E-state index contributed by atoms with van der Waals surface area (Å²) < 4.78 is 31.0. The number of carbonyl (C=O) groups is 1. The molecule has 0 unspecified atom stereocenters. The van der Waals surface area contributed by atoms with Crippen molar-refractivity contribution in [3.05, 3.63) is 24.3 Å². The van der Waals surface area contributed by atoms with E-state index < -0.39 is 22.0 Å². The van der Waals surface area contributed by atoms with Gasteiger partial charge >= 0.3 is 5.97 Å². The van der Waals surface area contributed by atoms with Gasteiger partial charge in [0.25, 0.3) is 0 Å². The van der Waals surface area contributed by atoms with Crippen molar-refractivity contribution in [1.82, 2.24) is 4.31 Å². The van der Waals surface area contributed by atoms with Gasteiger partial charge in [0, 0.05) is 5.75 Å². The van der Waals surface area contributed by atoms with E-state index in [-0.39, 0.29) is 22.3 Å². The van der Waals surface area contributed by atoms with Crippen molar-refractivity contribution < 1.29 is 23.1 Å². The van der Waals surface area contributed by atoms with Crippen LogP contribution < -0.4 is 4.74 Å². The fourth-order valence-corrected chi connectivity index (χ4v) is 5.11. The second kappa shape index (κ2) is 5.40. The second-order valence-corrected chi connectivity index (χ2v) is 6.76. The maximum Gasteiger partial charge on any atom is 0.322 e. The zero-order valence-electron chi connectivity index (χ0n) is 10.1. The van der Waals surface area contributed by atoms with Crippen LogP contribution in [0.15, 0.2) is 29.2 Å². The molecule has 1 aromatic carbocycles. The Bertz CT molecular complexity index is 587. The first-order valence-corrected chi connectivity index (χ1v) is 8.03. The molecule has 0 amide bonds. The molecular formula is C11H13NO5S2. The molecule has 0 radical (unpaired) electrons. The van der Waals surface area contributed by atoms with E-state index in [4.69, 9.17) is 9.84 Å². The van der Waals surface area contributed by atoms with Crippen molar-refractivity contribution >= 4 is 27.8 Å². The van der Waals surface area contributed by atoms with Crippen LogP contribution in [0.25, 0.3) is 0 Å². The summed E-state index contributed by atoms with van der Waals surface area (Å²) in [5.74, 6) is -0.534. The first-order valence-electron chi connectivity index (χ1n) is 5.44. The van der Waals surface area contributed by atoms with E-state index in [1.54, 1.807) is 12.1 Å². The molecule has 19 heavy (non-hydrogen) atoms. The lowest BCUT2D eigenvalue weighted by molar-refractivity contribution is -0.140. The highest BCUT2D eigenvalue weighted by molar-refractivity contribution is 8.00. The molecule has 104 valence electrons. The highest BCUT2D eigenvalue weighted by atomic mass is 32.2. The molecule has 1 aromatic rings. The molecule has 0 aliphatic carbocycles. The van der Waals surface area contributed by atoms with Gasteiger partial charge < -0.3 is 9.84 Å². The molecule has 1 N–H and O–H groups in total. The van der Waals surface area contributed by atoms with E-state index in [0.29, 0.717) is 0 Å². The lowest BCUT2D eigenvalue weighted by atomic mass is 10.3. The number of thioether (sulfide) groups is 1. The zero-order chi connectivity index (χ0) is 14.0. The maximum atomic E-state index is 12.5. The smallest absolute Gasteiger partial charge is 0.322 e. The normalized spacial score (nSPS) is 20.4. The van der Waals surface area contributed by atoms with E-state index in [0.717, 1.165) is 4.31 Å². The van der Waals surface area contributed by atoms with E-state index in [1.807, 2.05) is 0 Å². The Morgan fingerprint density at radius 3 is 2.79 bits per heavy atom. The van der Waals surface area contributed by atoms with Crippen LogP contribution in [-0.2, 0) is 14.8 Å². The zero-order valence-corrected chi connectivity index (χ0v) is 11.8. The predicted molar refractivity (Wildman–Crippen MR) is 70.8 cm³/mol. The largest absolute Gasteiger partial charge is 0.495 e. The molecule has 1 aliphatic heterocycles. The number of methoxy groups -OCH3 is 1. The number of para-hydroxylation sites is 1. The first-order chi connectivity index (χ1) is 8.98. The summed E-state index contributed by atoms with van der Waals surface area (Å²) in [6, 6.07) is 5.15. The SMILES string of the molecule is COc1ccccc1S(=O)(=O)N1CSC[C@@H]1C(=O)O. The van der Waals surface area contributed by atoms with Crippen molar-refractivity contribution in [3.63, 3.8) is 0 Å². The monoisotopic (exact) mass is 303 g/mol. The number of carboxylic acids is 1. The van der Waals surface area contributed by atoms with Crippen molar-refractivity contribution in [2.24, 2.45) is 0 Å². The van der Waals surface area contributed by atoms with Crippen molar-refractivity contribution in [1.29, 1.82) is 0 Å². The number of benzene rings is 1. The van der Waals surface area contributed by atoms with Crippen molar-refractivity contribution in [3.8, 4) is 5.75 Å². The molecule has 8 heteroatoms. The number of aliphatic carboxylic acids is 1. The van der Waals surface area contributed by atoms with Crippen LogP contribution in [0.2, 0.25) is 0 Å². The van der Waals surface area contributed by atoms with Gasteiger partial charge in [-0.15, -0.1) is 11.8 Å². The minimum absolute atomic E-state index is 0.00810. The van der Waals surface area contributed by atoms with Gasteiger partial charge in [-0.3, -0.25) is 4.79 Å². The van der Waals surface area contributed by atoms with Gasteiger partial charge in [0.1, 0.15) is 16.7 Å². The van der Waals surface area contributed by atoms with Crippen LogP contribution in [0, 0.1) is 0 Å². The van der Waals surface area contributed by atoms with Crippen LogP contribution in [0.1, 0.15) is 0 Å². The van der Waals surface area contributed by atoms with E-state index in [1.165, 1.54) is 31.0 Å². The number of sulfonamides is 1. The maximum absolute atomic E-state index is 12.5. The summed E-state index contributed by atoms with van der Waals surface area (Å²) in [5, 5.41) is 9.07. The number of hydrogen-bond acceptors (Lipinski definition) is 5. The molecule has 6 nitrogen and oxygen atoms in total. The Morgan fingerprint density at radius 2 is 2.16 bits per heavy atom. The fourth-order valence-electron chi connectivity index (χ4n) is 1.82. The number of carboxylic acid groups (broad SMARTS) is 1. The third kappa shape index (κ3) is 2.56. The van der Waals surface area contributed by atoms with Crippen molar-refractivity contribution in [2.45, 2.75) is 10.9 Å². The molecule has 1 aliphatic rings. The topological polar surface area (TPSA) is 83.9 Å². The minimum atomic E-state index is -3.87. The van der Waals surface area contributed by atoms with Gasteiger partial charge in [-0.05, 0) is 12.1 Å². The summed E-state index contributed by atoms with van der Waals surface area (Å²) in [4.78, 5) is 11.1. The van der Waals surface area contributed by atoms with Crippen molar-refractivity contribution in [2.75, 3.05) is 18.7 Å². The first kappa shape index (κ1) is 14.2. The third-order valence-electron chi connectivity index (χ3n) is 2.78. The highest BCUT2D eigenvalue weighted by Gasteiger charge is 2.41. The van der Waals surface area contributed by atoms with Crippen LogP contribution in [-0.4, -0.2) is 48.6 Å². The summed E-state index contributed by atoms with van der Waals surface area (Å²) >= 11 is 1.28. The van der Waals surface area contributed by atoms with Gasteiger partial charge in [0.15, 0.2) is 0 Å². The molecule has 0 saturated carbocycles. The second-order valence-electron chi connectivity index (χ2n) is 3.90. The number of hydrogen-bond donors (Lipinski definition) is 1. The number of rotatable bonds is 4. The molecular weight excluding hydrogens is 290 g/mol. The minimum Gasteiger partial charge on any atom is -0.495 e. The molecule has 1 atom stereocenters. The Labute approximate surface area is 115 Å². The Balaban J connectivity index is 2.45. The summed E-state index contributed by atoms with van der Waals surface area (Å²) in [5.41, 5.74) is 0. The van der Waals surface area contributed by atoms with Gasteiger partial charge in [0.05, 0.1) is 13.0 Å². The Kier molecular flexibility index (Phi) is 4.02. The summed E-state index contributed by atoms with van der Waals surface area (Å²) in [7, 11) is -2.49. The molecule has 1 fully saturated rings. The van der Waals surface area contributed by atoms with Gasteiger partial charge in [-0.25, -0.2) is 8.42 Å². The van der Waals surface area contributed by atoms with E-state index in [9.17, 15) is 13.2 Å². The average molecular weight is 303 g/mol. The lowest BCUT2D eigenvalue weighted by Gasteiger charge is -2.21. The summed E-state index contributed by atoms with van der Waals surface area (Å²) in [6.45, 7) is 0. The van der Waals surface area contributed by atoms with Crippen LogP contribution in [0.3, 0.4) is 0 Å². The Hall–Kier alpha value is -1.25. The van der Waals surface area contributed by atoms with E-state index >= 15 is 0 Å². The van der Waals surface area contributed by atoms with E-state index in [2.05, 4.69) is 0 Å². The quantitative estimate of drug-likeness (QED) is 0.887. The van der Waals surface area contributed by atoms with Gasteiger partial charge in [-0.2, -0.15) is 4.31 Å². The molecule has 0 aromatic heterocycles. The Morgan fingerprint density at radius 1 is 1.47 bits per heavy atom. The molecule has 0 spiro atoms. The number of nitrogens with zero attached hydrogens (tertiary/aromatic N) is 1. The van der Waals surface area contributed by atoms with Gasteiger partial charge in [-0.1, -0.05) is 12.1 Å². The van der Waals surface area contributed by atoms with Crippen LogP contribution >= 0.6 is 11.8 Å². The molecule has 1 saturated heterocycles. The molecule has 2 rings (SSSR count). The van der Waals surface area contributed by atoms with Gasteiger partial charge in [0.2, 0.25) is 10.0 Å². The standard InChI is InChI=1S/C11H13NO5S2/c1-17-9-4-2-3-5-10(9)19(15,16)12-7-18-6-8(12)11(13)14/h2-5,8H,6-7H2,1H3,(H,13,14)/t8-/m1/s1. The lowest BCUT2D eigenvalue weighted by Crippen LogP contribution is -2.41. The average Bonchev–Trinajstić information content (AvgIpc) is 2.88. The predicted octanol–water partition coefficient (Wildman–Crippen LogP) is 0.843. The highest BCUT2D eigenvalue weighted by Crippen LogP contribution is 2.32. The number of ether oxygens (including phenoxy) is 1. The molecule has 1 heterocycles. The third-order valence-corrected chi connectivity index (χ3v) is 5.85.